The molecule has 20 heavy (non-hydrogen) atoms. The number of hydrogen-bond donors (Lipinski definition) is 0. The number of halogens is 2. The van der Waals surface area contributed by atoms with Gasteiger partial charge in [0.25, 0.3) is 5.91 Å². The van der Waals surface area contributed by atoms with Crippen LogP contribution >= 0.6 is 27.5 Å². The third-order valence-electron chi connectivity index (χ3n) is 3.07. The Morgan fingerprint density at radius 2 is 1.85 bits per heavy atom. The van der Waals surface area contributed by atoms with E-state index in [0.29, 0.717) is 17.1 Å². The van der Waals surface area contributed by atoms with Gasteiger partial charge in [0.2, 0.25) is 0 Å². The molecule has 2 rings (SSSR count). The molecule has 0 unspecified atom stereocenters. The highest BCUT2D eigenvalue weighted by molar-refractivity contribution is 9.10. The van der Waals surface area contributed by atoms with E-state index in [0.717, 1.165) is 10.2 Å². The predicted octanol–water partition coefficient (Wildman–Crippen LogP) is 5.08. The van der Waals surface area contributed by atoms with E-state index in [2.05, 4.69) is 15.9 Å². The van der Waals surface area contributed by atoms with Crippen molar-refractivity contribution in [1.29, 1.82) is 0 Å². The summed E-state index contributed by atoms with van der Waals surface area (Å²) in [5.74, 6) is -0.0502. The van der Waals surface area contributed by atoms with Crippen LogP contribution in [-0.4, -0.2) is 12.5 Å². The van der Waals surface area contributed by atoms with Crippen LogP contribution in [0.5, 0.6) is 0 Å². The van der Waals surface area contributed by atoms with Gasteiger partial charge in [0, 0.05) is 22.3 Å². The predicted molar refractivity (Wildman–Crippen MR) is 87.7 cm³/mol. The van der Waals surface area contributed by atoms with Crippen molar-refractivity contribution >= 4 is 39.1 Å². The number of rotatable bonds is 3. The number of benzene rings is 2. The molecule has 0 aliphatic rings. The fourth-order valence-electron chi connectivity index (χ4n) is 1.95. The van der Waals surface area contributed by atoms with E-state index in [1.165, 1.54) is 5.56 Å². The van der Waals surface area contributed by atoms with Crippen LogP contribution < -0.4 is 4.90 Å². The number of anilines is 1. The molecule has 2 aromatic carbocycles. The second-order valence-electron chi connectivity index (χ2n) is 4.51. The summed E-state index contributed by atoms with van der Waals surface area (Å²) in [5, 5.41) is 0.538. The van der Waals surface area contributed by atoms with Crippen LogP contribution in [0.25, 0.3) is 0 Å². The molecule has 1 amide bonds. The molecule has 0 aliphatic carbocycles. The van der Waals surface area contributed by atoms with Crippen LogP contribution in [0.4, 0.5) is 5.69 Å². The molecule has 0 saturated heterocycles. The van der Waals surface area contributed by atoms with Crippen molar-refractivity contribution in [3.05, 3.63) is 63.1 Å². The Kier molecular flexibility index (Phi) is 4.84. The van der Waals surface area contributed by atoms with Gasteiger partial charge >= 0.3 is 0 Å². The summed E-state index contributed by atoms with van der Waals surface area (Å²) in [6.07, 6.45) is 0. The van der Waals surface area contributed by atoms with E-state index < -0.39 is 0 Å². The Labute approximate surface area is 132 Å². The van der Waals surface area contributed by atoms with Gasteiger partial charge in [-0.05, 0) is 60.1 Å². The van der Waals surface area contributed by atoms with Crippen LogP contribution in [0.3, 0.4) is 0 Å². The zero-order chi connectivity index (χ0) is 14.7. The monoisotopic (exact) mass is 351 g/mol. The molecule has 2 aromatic rings. The molecule has 104 valence electrons. The first-order valence-electron chi connectivity index (χ1n) is 6.36. The Bertz CT molecular complexity index is 625. The lowest BCUT2D eigenvalue weighted by Crippen LogP contribution is -2.30. The van der Waals surface area contributed by atoms with Crippen LogP contribution in [0, 0.1) is 6.92 Å². The lowest BCUT2D eigenvalue weighted by molar-refractivity contribution is 0.0988. The van der Waals surface area contributed by atoms with Crippen molar-refractivity contribution in [3.63, 3.8) is 0 Å². The zero-order valence-electron chi connectivity index (χ0n) is 11.4. The number of carbonyl (C=O) groups is 1. The van der Waals surface area contributed by atoms with Crippen molar-refractivity contribution < 1.29 is 4.79 Å². The molecule has 4 heteroatoms. The third-order valence-corrected chi connectivity index (χ3v) is 4.31. The molecule has 0 fully saturated rings. The average Bonchev–Trinajstić information content (AvgIpc) is 2.44. The number of aryl methyl sites for hydroxylation is 1. The topological polar surface area (TPSA) is 20.3 Å². The molecule has 0 atom stereocenters. The fourth-order valence-corrected chi connectivity index (χ4v) is 2.38. The number of amides is 1. The largest absolute Gasteiger partial charge is 0.309 e. The lowest BCUT2D eigenvalue weighted by Gasteiger charge is -2.21. The summed E-state index contributed by atoms with van der Waals surface area (Å²) < 4.78 is 0.786. The van der Waals surface area contributed by atoms with Gasteiger partial charge in [-0.1, -0.05) is 29.3 Å². The Morgan fingerprint density at radius 3 is 2.40 bits per heavy atom. The van der Waals surface area contributed by atoms with Gasteiger partial charge < -0.3 is 4.90 Å². The van der Waals surface area contributed by atoms with Crippen molar-refractivity contribution in [2.24, 2.45) is 0 Å². The normalized spacial score (nSPS) is 10.4. The molecule has 0 N–H and O–H groups in total. The molecular weight excluding hydrogens is 338 g/mol. The zero-order valence-corrected chi connectivity index (χ0v) is 13.7. The summed E-state index contributed by atoms with van der Waals surface area (Å²) in [4.78, 5) is 14.3. The second kappa shape index (κ2) is 6.42. The summed E-state index contributed by atoms with van der Waals surface area (Å²) >= 11 is 9.38. The summed E-state index contributed by atoms with van der Waals surface area (Å²) in [6.45, 7) is 4.59. The first-order valence-corrected chi connectivity index (χ1v) is 7.53. The van der Waals surface area contributed by atoms with Crippen LogP contribution in [0.15, 0.2) is 46.9 Å². The summed E-state index contributed by atoms with van der Waals surface area (Å²) in [6, 6.07) is 13.2. The molecule has 0 saturated carbocycles. The van der Waals surface area contributed by atoms with E-state index in [9.17, 15) is 4.79 Å². The molecule has 0 spiro atoms. The quantitative estimate of drug-likeness (QED) is 0.754. The molecule has 0 radical (unpaired) electrons. The van der Waals surface area contributed by atoms with E-state index in [4.69, 9.17) is 11.6 Å². The van der Waals surface area contributed by atoms with E-state index in [1.807, 2.05) is 38.1 Å². The fraction of sp³-hybridized carbons (Fsp3) is 0.188. The van der Waals surface area contributed by atoms with Gasteiger partial charge in [0.1, 0.15) is 0 Å². The average molecular weight is 353 g/mol. The Morgan fingerprint density at radius 1 is 1.20 bits per heavy atom. The smallest absolute Gasteiger partial charge is 0.258 e. The minimum absolute atomic E-state index is 0.0502. The highest BCUT2D eigenvalue weighted by Gasteiger charge is 2.16. The maximum absolute atomic E-state index is 12.6. The van der Waals surface area contributed by atoms with Crippen LogP contribution in [0.1, 0.15) is 22.8 Å². The maximum Gasteiger partial charge on any atom is 0.258 e. The van der Waals surface area contributed by atoms with Crippen molar-refractivity contribution in [2.75, 3.05) is 11.4 Å². The van der Waals surface area contributed by atoms with Crippen molar-refractivity contribution in [3.8, 4) is 0 Å². The van der Waals surface area contributed by atoms with E-state index >= 15 is 0 Å². The minimum Gasteiger partial charge on any atom is -0.309 e. The van der Waals surface area contributed by atoms with Gasteiger partial charge in [0.15, 0.2) is 0 Å². The Hall–Kier alpha value is -1.32. The van der Waals surface area contributed by atoms with E-state index in [1.54, 1.807) is 23.1 Å². The third kappa shape index (κ3) is 3.22. The van der Waals surface area contributed by atoms with Gasteiger partial charge in [-0.3, -0.25) is 4.79 Å². The maximum atomic E-state index is 12.6. The first kappa shape index (κ1) is 15.1. The van der Waals surface area contributed by atoms with Gasteiger partial charge in [-0.25, -0.2) is 0 Å². The molecule has 0 bridgehead atoms. The van der Waals surface area contributed by atoms with E-state index in [-0.39, 0.29) is 5.91 Å². The molecular formula is C16H15BrClNO. The van der Waals surface area contributed by atoms with Crippen LogP contribution in [-0.2, 0) is 0 Å². The number of hydrogen-bond acceptors (Lipinski definition) is 1. The lowest BCUT2D eigenvalue weighted by atomic mass is 10.1. The SMILES string of the molecule is CCN(C(=O)c1ccc(Br)c(Cl)c1)c1ccc(C)cc1. The second-order valence-corrected chi connectivity index (χ2v) is 5.78. The highest BCUT2D eigenvalue weighted by atomic mass is 79.9. The minimum atomic E-state index is -0.0502. The van der Waals surface area contributed by atoms with Gasteiger partial charge in [-0.15, -0.1) is 0 Å². The van der Waals surface area contributed by atoms with Crippen molar-refractivity contribution in [1.82, 2.24) is 0 Å². The van der Waals surface area contributed by atoms with Gasteiger partial charge in [-0.2, -0.15) is 0 Å². The summed E-state index contributed by atoms with van der Waals surface area (Å²) in [5.41, 5.74) is 2.65. The Balaban J connectivity index is 2.33. The first-order chi connectivity index (χ1) is 9.52. The van der Waals surface area contributed by atoms with Crippen molar-refractivity contribution in [2.45, 2.75) is 13.8 Å². The molecule has 0 aromatic heterocycles. The molecule has 2 nitrogen and oxygen atoms in total. The standard InChI is InChI=1S/C16H15BrClNO/c1-3-19(13-7-4-11(2)5-8-13)16(20)12-6-9-14(17)15(18)10-12/h4-10H,3H2,1-2H3. The van der Waals surface area contributed by atoms with Crippen LogP contribution in [0.2, 0.25) is 5.02 Å². The van der Waals surface area contributed by atoms with Gasteiger partial charge in [0.05, 0.1) is 5.02 Å². The highest BCUT2D eigenvalue weighted by Crippen LogP contribution is 2.25. The molecule has 0 aliphatic heterocycles. The summed E-state index contributed by atoms with van der Waals surface area (Å²) in [7, 11) is 0. The number of nitrogens with zero attached hydrogens (tertiary/aromatic N) is 1. The number of carbonyl (C=O) groups excluding carboxylic acids is 1. The molecule has 0 heterocycles.